The highest BCUT2D eigenvalue weighted by Gasteiger charge is 2.06. The van der Waals surface area contributed by atoms with Gasteiger partial charge >= 0.3 is 0 Å². The Morgan fingerprint density at radius 1 is 1.67 bits per heavy atom. The molecule has 0 rings (SSSR count). The predicted octanol–water partition coefficient (Wildman–Crippen LogP) is 0.743. The summed E-state index contributed by atoms with van der Waals surface area (Å²) < 4.78 is 0. The molecule has 0 aromatic rings. The summed E-state index contributed by atoms with van der Waals surface area (Å²) >= 11 is 0. The Kier molecular flexibility index (Phi) is 4.89. The maximum absolute atomic E-state index is 11.1. The summed E-state index contributed by atoms with van der Waals surface area (Å²) in [5.41, 5.74) is 3.56. The fourth-order valence-corrected chi connectivity index (χ4v) is 0.819. The molecular weight excluding hydrogens is 152 g/mol. The van der Waals surface area contributed by atoms with E-state index in [2.05, 4.69) is 17.6 Å². The zero-order valence-electron chi connectivity index (χ0n) is 7.98. The second kappa shape index (κ2) is 5.44. The topological polar surface area (TPSA) is 32.3 Å². The van der Waals surface area contributed by atoms with Crippen molar-refractivity contribution in [2.45, 2.75) is 13.3 Å². The molecule has 0 aliphatic carbocycles. The maximum Gasteiger partial charge on any atom is 0.222 e. The fourth-order valence-electron chi connectivity index (χ4n) is 0.819. The fraction of sp³-hybridized carbons (Fsp3) is 0.556. The zero-order chi connectivity index (χ0) is 9.56. The summed E-state index contributed by atoms with van der Waals surface area (Å²) in [6.45, 7) is 5.90. The molecule has 0 radical (unpaired) electrons. The highest BCUT2D eigenvalue weighted by molar-refractivity contribution is 5.75. The van der Waals surface area contributed by atoms with E-state index in [9.17, 15) is 4.79 Å². The third kappa shape index (κ3) is 3.26. The van der Waals surface area contributed by atoms with Crippen LogP contribution in [0, 0.1) is 0 Å². The Morgan fingerprint density at radius 2 is 2.25 bits per heavy atom. The van der Waals surface area contributed by atoms with Crippen LogP contribution in [0.2, 0.25) is 0 Å². The van der Waals surface area contributed by atoms with Crippen molar-refractivity contribution in [1.82, 2.24) is 10.2 Å². The largest absolute Gasteiger partial charge is 0.384 e. The van der Waals surface area contributed by atoms with Gasteiger partial charge in [-0.05, 0) is 0 Å². The van der Waals surface area contributed by atoms with Gasteiger partial charge < -0.3 is 10.2 Å². The second-order valence-electron chi connectivity index (χ2n) is 2.51. The first kappa shape index (κ1) is 10.8. The third-order valence-corrected chi connectivity index (χ3v) is 1.64. The van der Waals surface area contributed by atoms with Crippen LogP contribution in [0.15, 0.2) is 18.0 Å². The van der Waals surface area contributed by atoms with E-state index in [0.29, 0.717) is 13.0 Å². The Balaban J connectivity index is 4.07. The van der Waals surface area contributed by atoms with E-state index < -0.39 is 0 Å². The molecule has 0 bridgehead atoms. The third-order valence-electron chi connectivity index (χ3n) is 1.64. The van der Waals surface area contributed by atoms with E-state index >= 15 is 0 Å². The number of nitrogens with zero attached hydrogens (tertiary/aromatic N) is 1. The molecule has 3 heteroatoms. The van der Waals surface area contributed by atoms with Crippen molar-refractivity contribution in [2.75, 3.05) is 20.6 Å². The van der Waals surface area contributed by atoms with Crippen molar-refractivity contribution in [1.29, 1.82) is 0 Å². The van der Waals surface area contributed by atoms with Crippen LogP contribution in [0.3, 0.4) is 0 Å². The summed E-state index contributed by atoms with van der Waals surface area (Å²) in [5.74, 6) is 0.123. The normalized spacial score (nSPS) is 8.58. The molecule has 12 heavy (non-hydrogen) atoms. The number of carbonyl (C=O) groups excluding carboxylic acids is 1. The Hall–Kier alpha value is -1.21. The molecule has 0 spiro atoms. The van der Waals surface area contributed by atoms with Crippen molar-refractivity contribution < 1.29 is 4.79 Å². The van der Waals surface area contributed by atoms with E-state index in [1.165, 1.54) is 0 Å². The van der Waals surface area contributed by atoms with E-state index in [1.807, 2.05) is 6.92 Å². The minimum Gasteiger partial charge on any atom is -0.384 e. The van der Waals surface area contributed by atoms with Crippen LogP contribution < -0.4 is 5.32 Å². The minimum atomic E-state index is 0.123. The molecule has 0 aromatic carbocycles. The second-order valence-corrected chi connectivity index (χ2v) is 2.51. The molecule has 1 N–H and O–H groups in total. The van der Waals surface area contributed by atoms with Crippen molar-refractivity contribution >= 4 is 5.91 Å². The molecule has 0 aliphatic rings. The van der Waals surface area contributed by atoms with Crippen LogP contribution in [0.25, 0.3) is 0 Å². The number of nitrogens with one attached hydrogen (secondary N) is 1. The Labute approximate surface area is 73.8 Å². The molecule has 0 saturated carbocycles. The average Bonchev–Trinajstić information content (AvgIpc) is 2.12. The van der Waals surface area contributed by atoms with E-state index in [4.69, 9.17) is 0 Å². The predicted molar refractivity (Wildman–Crippen MR) is 49.6 cm³/mol. The molecule has 3 nitrogen and oxygen atoms in total. The molecule has 0 saturated heterocycles. The van der Waals surface area contributed by atoms with Gasteiger partial charge in [0.05, 0.1) is 12.2 Å². The lowest BCUT2D eigenvalue weighted by molar-refractivity contribution is -0.129. The van der Waals surface area contributed by atoms with Crippen molar-refractivity contribution in [3.8, 4) is 0 Å². The highest BCUT2D eigenvalue weighted by Crippen LogP contribution is 1.93. The number of rotatable bonds is 4. The van der Waals surface area contributed by atoms with Gasteiger partial charge in [-0.25, -0.2) is 0 Å². The number of amides is 1. The Morgan fingerprint density at radius 3 is 2.58 bits per heavy atom. The van der Waals surface area contributed by atoms with Crippen LogP contribution in [0.5, 0.6) is 0 Å². The van der Waals surface area contributed by atoms with Gasteiger partial charge in [-0.3, -0.25) is 4.79 Å². The molecule has 0 heterocycles. The lowest BCUT2D eigenvalue weighted by Gasteiger charge is -2.16. The molecule has 0 aliphatic heterocycles. The monoisotopic (exact) mass is 168 g/mol. The molecule has 1 amide bonds. The van der Waals surface area contributed by atoms with Crippen LogP contribution >= 0.6 is 0 Å². The number of carbonyl (C=O) groups is 1. The first-order chi connectivity index (χ1) is 5.65. The lowest BCUT2D eigenvalue weighted by atomic mass is 10.3. The van der Waals surface area contributed by atoms with E-state index in [1.54, 1.807) is 19.0 Å². The maximum atomic E-state index is 11.1. The van der Waals surface area contributed by atoms with Gasteiger partial charge in [-0.1, -0.05) is 13.5 Å². The van der Waals surface area contributed by atoms with E-state index in [0.717, 1.165) is 5.70 Å². The molecule has 0 atom stereocenters. The lowest BCUT2D eigenvalue weighted by Crippen LogP contribution is -2.30. The van der Waals surface area contributed by atoms with Gasteiger partial charge in [0, 0.05) is 20.5 Å². The highest BCUT2D eigenvalue weighted by atomic mass is 16.2. The SMILES string of the molecule is C=C=C(CN(C)C(=O)CC)NC. The standard InChI is InChI=1S/C9H16N2O/c1-5-8(10-3)7-11(4)9(12)6-2/h10H,1,6-7H2,2-4H3. The first-order valence-electron chi connectivity index (χ1n) is 3.96. The van der Waals surface area contributed by atoms with Crippen molar-refractivity contribution in [3.63, 3.8) is 0 Å². The minimum absolute atomic E-state index is 0.123. The van der Waals surface area contributed by atoms with Crippen LogP contribution in [-0.4, -0.2) is 31.4 Å². The quantitative estimate of drug-likeness (QED) is 0.628. The van der Waals surface area contributed by atoms with Crippen LogP contribution in [0.4, 0.5) is 0 Å². The zero-order valence-corrected chi connectivity index (χ0v) is 7.98. The van der Waals surface area contributed by atoms with E-state index in [-0.39, 0.29) is 5.91 Å². The van der Waals surface area contributed by atoms with Gasteiger partial charge in [-0.15, -0.1) is 5.73 Å². The smallest absolute Gasteiger partial charge is 0.222 e. The summed E-state index contributed by atoms with van der Waals surface area (Å²) in [4.78, 5) is 12.8. The summed E-state index contributed by atoms with van der Waals surface area (Å²) in [7, 11) is 3.55. The molecule has 68 valence electrons. The number of likely N-dealkylation sites (N-methyl/N-ethyl adjacent to an activating group) is 2. The van der Waals surface area contributed by atoms with Crippen LogP contribution in [-0.2, 0) is 4.79 Å². The summed E-state index contributed by atoms with van der Waals surface area (Å²) in [5, 5.41) is 2.91. The summed E-state index contributed by atoms with van der Waals surface area (Å²) in [6, 6.07) is 0. The van der Waals surface area contributed by atoms with Crippen molar-refractivity contribution in [2.24, 2.45) is 0 Å². The van der Waals surface area contributed by atoms with Gasteiger partial charge in [0.2, 0.25) is 5.91 Å². The van der Waals surface area contributed by atoms with Gasteiger partial charge in [0.15, 0.2) is 0 Å². The van der Waals surface area contributed by atoms with Gasteiger partial charge in [0.25, 0.3) is 0 Å². The first-order valence-corrected chi connectivity index (χ1v) is 3.96. The van der Waals surface area contributed by atoms with Crippen LogP contribution in [0.1, 0.15) is 13.3 Å². The Bertz CT molecular complexity index is 205. The number of hydrogen-bond donors (Lipinski definition) is 1. The molecule has 0 unspecified atom stereocenters. The van der Waals surface area contributed by atoms with Gasteiger partial charge in [0.1, 0.15) is 0 Å². The number of hydrogen-bond acceptors (Lipinski definition) is 2. The van der Waals surface area contributed by atoms with Crippen molar-refractivity contribution in [3.05, 3.63) is 18.0 Å². The molecule has 0 fully saturated rings. The van der Waals surface area contributed by atoms with Gasteiger partial charge in [-0.2, -0.15) is 0 Å². The average molecular weight is 168 g/mol. The summed E-state index contributed by atoms with van der Waals surface area (Å²) in [6.07, 6.45) is 0.532. The molecule has 0 aromatic heterocycles. The molecular formula is C9H16N2O.